The number of aromatic hydroxyl groups is 1. The van der Waals surface area contributed by atoms with Crippen LogP contribution in [0.3, 0.4) is 0 Å². The lowest BCUT2D eigenvalue weighted by Crippen LogP contribution is -2.55. The van der Waals surface area contributed by atoms with E-state index in [-0.39, 0.29) is 46.5 Å². The van der Waals surface area contributed by atoms with Crippen LogP contribution in [0.2, 0.25) is 5.02 Å². The van der Waals surface area contributed by atoms with Crippen LogP contribution in [0.4, 0.5) is 10.2 Å². The van der Waals surface area contributed by atoms with Crippen molar-refractivity contribution in [3.8, 4) is 22.8 Å². The van der Waals surface area contributed by atoms with Crippen molar-refractivity contribution in [1.82, 2.24) is 14.8 Å². The van der Waals surface area contributed by atoms with Crippen LogP contribution in [0, 0.1) is 5.82 Å². The molecule has 2 amide bonds. The molecule has 1 atom stereocenters. The van der Waals surface area contributed by atoms with Gasteiger partial charge in [0, 0.05) is 39.1 Å². The lowest BCUT2D eigenvalue weighted by molar-refractivity contribution is -0.129. The third-order valence-electron chi connectivity index (χ3n) is 6.60. The number of hydrogen-bond donors (Lipinski definition) is 1. The number of carbonyl (C=O) groups is 2. The summed E-state index contributed by atoms with van der Waals surface area (Å²) in [7, 11) is 0. The normalized spacial score (nSPS) is 20.4. The Morgan fingerprint density at radius 3 is 2.85 bits per heavy atom. The number of hydrogen-bond acceptors (Lipinski definition) is 6. The number of piperazine rings is 1. The van der Waals surface area contributed by atoms with Gasteiger partial charge in [0.05, 0.1) is 17.2 Å². The summed E-state index contributed by atoms with van der Waals surface area (Å²) in [6.07, 6.45) is 2.38. The molecule has 2 fully saturated rings. The molecule has 0 aliphatic carbocycles. The molecule has 8 nitrogen and oxygen atoms in total. The third-order valence-corrected chi connectivity index (χ3v) is 6.95. The Balaban J connectivity index is 1.62. The van der Waals surface area contributed by atoms with Crippen LogP contribution >= 0.6 is 11.6 Å². The molecule has 0 saturated carbocycles. The minimum absolute atomic E-state index is 0.0223. The largest absolute Gasteiger partial charge is 0.507 e. The quantitative estimate of drug-likeness (QED) is 0.671. The molecule has 1 N–H and O–H groups in total. The van der Waals surface area contributed by atoms with Crippen LogP contribution in [-0.4, -0.2) is 70.5 Å². The van der Waals surface area contributed by atoms with Gasteiger partial charge in [0.15, 0.2) is 0 Å². The fourth-order valence-corrected chi connectivity index (χ4v) is 5.14. The Bertz CT molecular complexity index is 1170. The van der Waals surface area contributed by atoms with Gasteiger partial charge >= 0.3 is 0 Å². The predicted molar refractivity (Wildman–Crippen MR) is 124 cm³/mol. The van der Waals surface area contributed by atoms with Crippen LogP contribution in [0.25, 0.3) is 11.3 Å². The van der Waals surface area contributed by atoms with Crippen molar-refractivity contribution in [2.45, 2.75) is 25.4 Å². The van der Waals surface area contributed by atoms with E-state index < -0.39 is 5.82 Å². The number of nitrogens with zero attached hydrogens (tertiary/aromatic N) is 4. The molecule has 1 aromatic heterocycles. The lowest BCUT2D eigenvalue weighted by Gasteiger charge is -2.39. The summed E-state index contributed by atoms with van der Waals surface area (Å²) < 4.78 is 20.9. The zero-order chi connectivity index (χ0) is 24.0. The van der Waals surface area contributed by atoms with Crippen molar-refractivity contribution >= 4 is 29.2 Å². The summed E-state index contributed by atoms with van der Waals surface area (Å²) in [5.41, 5.74) is 0.524. The third kappa shape index (κ3) is 3.78. The van der Waals surface area contributed by atoms with Crippen molar-refractivity contribution in [1.29, 1.82) is 0 Å². The number of carbonyl (C=O) groups excluding carboxylic acids is 2. The maximum atomic E-state index is 14.8. The smallest absolute Gasteiger partial charge is 0.246 e. The molecule has 0 spiro atoms. The van der Waals surface area contributed by atoms with Crippen molar-refractivity contribution in [3.05, 3.63) is 47.3 Å². The number of phenols is 1. The van der Waals surface area contributed by atoms with Gasteiger partial charge in [-0.25, -0.2) is 9.37 Å². The molecular formula is C24H24ClFN4O4. The molecule has 178 valence electrons. The highest BCUT2D eigenvalue weighted by molar-refractivity contribution is 6.35. The first kappa shape index (κ1) is 22.6. The van der Waals surface area contributed by atoms with E-state index in [1.165, 1.54) is 24.3 Å². The van der Waals surface area contributed by atoms with E-state index in [0.29, 0.717) is 62.7 Å². The van der Waals surface area contributed by atoms with Gasteiger partial charge < -0.3 is 14.7 Å². The van der Waals surface area contributed by atoms with Gasteiger partial charge in [-0.2, -0.15) is 0 Å². The fourth-order valence-electron chi connectivity index (χ4n) is 4.84. The van der Waals surface area contributed by atoms with Gasteiger partial charge in [-0.15, -0.1) is 0 Å². The van der Waals surface area contributed by atoms with Crippen LogP contribution in [-0.2, 0) is 16.1 Å². The monoisotopic (exact) mass is 486 g/mol. The van der Waals surface area contributed by atoms with Gasteiger partial charge in [0.2, 0.25) is 11.8 Å². The second-order valence-electron chi connectivity index (χ2n) is 8.61. The molecule has 0 radical (unpaired) electrons. The zero-order valence-corrected chi connectivity index (χ0v) is 19.2. The number of benzene rings is 1. The van der Waals surface area contributed by atoms with Crippen molar-refractivity contribution in [2.24, 2.45) is 0 Å². The predicted octanol–water partition coefficient (Wildman–Crippen LogP) is 2.96. The summed E-state index contributed by atoms with van der Waals surface area (Å²) in [5, 5.41) is 10.5. The first-order valence-corrected chi connectivity index (χ1v) is 11.6. The van der Waals surface area contributed by atoms with Crippen LogP contribution < -0.4 is 9.64 Å². The number of ether oxygens (including phenoxy) is 1. The van der Waals surface area contributed by atoms with E-state index in [0.717, 1.165) is 0 Å². The summed E-state index contributed by atoms with van der Waals surface area (Å²) >= 11 is 6.73. The first-order valence-electron chi connectivity index (χ1n) is 11.2. The molecule has 5 rings (SSSR count). The molecule has 34 heavy (non-hydrogen) atoms. The highest BCUT2D eigenvalue weighted by atomic mass is 35.5. The van der Waals surface area contributed by atoms with Crippen LogP contribution in [0.15, 0.2) is 30.9 Å². The molecule has 3 aliphatic rings. The Kier molecular flexibility index (Phi) is 5.91. The molecule has 2 saturated heterocycles. The SMILES string of the molecule is C=CC(=O)N1CCN2Cc3c(N4CCCC4=O)nc(-c4c(O)cccc4F)c(Cl)c3OC[C@H]2C1. The topological polar surface area (TPSA) is 86.2 Å². The van der Waals surface area contributed by atoms with Crippen LogP contribution in [0.1, 0.15) is 18.4 Å². The van der Waals surface area contributed by atoms with E-state index in [9.17, 15) is 19.1 Å². The maximum absolute atomic E-state index is 14.8. The van der Waals surface area contributed by atoms with E-state index in [4.69, 9.17) is 16.3 Å². The summed E-state index contributed by atoms with van der Waals surface area (Å²) in [6.45, 7) is 6.30. The van der Waals surface area contributed by atoms with Crippen molar-refractivity contribution in [2.75, 3.05) is 37.7 Å². The molecule has 2 aromatic rings. The minimum Gasteiger partial charge on any atom is -0.507 e. The highest BCUT2D eigenvalue weighted by Crippen LogP contribution is 2.46. The second-order valence-corrected chi connectivity index (χ2v) is 8.99. The molecule has 10 heteroatoms. The second kappa shape index (κ2) is 8.88. The number of aromatic nitrogens is 1. The maximum Gasteiger partial charge on any atom is 0.246 e. The van der Waals surface area contributed by atoms with Crippen molar-refractivity contribution in [3.63, 3.8) is 0 Å². The van der Waals surface area contributed by atoms with E-state index in [1.54, 1.807) is 9.80 Å². The van der Waals surface area contributed by atoms with Gasteiger partial charge in [-0.3, -0.25) is 19.4 Å². The Morgan fingerprint density at radius 1 is 1.32 bits per heavy atom. The van der Waals surface area contributed by atoms with E-state index >= 15 is 0 Å². The number of pyridine rings is 1. The highest BCUT2D eigenvalue weighted by Gasteiger charge is 2.37. The standard InChI is InChI=1S/C24H24ClFN4O4/c1-2-18(32)29-10-9-28-12-15-23(34-13-14(28)11-29)21(25)22(20-16(26)5-3-6-17(20)31)27-24(15)30-8-4-7-19(30)33/h2-3,5-6,14,31H,1,4,7-13H2/t14-/m1/s1. The van der Waals surface area contributed by atoms with E-state index in [2.05, 4.69) is 16.5 Å². The number of halogens is 2. The lowest BCUT2D eigenvalue weighted by atomic mass is 10.1. The molecule has 3 aliphatic heterocycles. The average Bonchev–Trinajstić information content (AvgIpc) is 3.15. The average molecular weight is 487 g/mol. The molecule has 0 unspecified atom stereocenters. The van der Waals surface area contributed by atoms with Gasteiger partial charge in [-0.1, -0.05) is 24.2 Å². The van der Waals surface area contributed by atoms with Crippen LogP contribution in [0.5, 0.6) is 11.5 Å². The number of phenolic OH excluding ortho intramolecular Hbond substituents is 1. The summed E-state index contributed by atoms with van der Waals surface area (Å²) in [4.78, 5) is 34.9. The van der Waals surface area contributed by atoms with Gasteiger partial charge in [0.25, 0.3) is 0 Å². The summed E-state index contributed by atoms with van der Waals surface area (Å²) in [5.74, 6) is -0.523. The van der Waals surface area contributed by atoms with E-state index in [1.807, 2.05) is 0 Å². The number of anilines is 1. The Morgan fingerprint density at radius 2 is 2.15 bits per heavy atom. The summed E-state index contributed by atoms with van der Waals surface area (Å²) in [6, 6.07) is 3.86. The zero-order valence-electron chi connectivity index (χ0n) is 18.5. The number of amides is 2. The van der Waals surface area contributed by atoms with Crippen molar-refractivity contribution < 1.29 is 23.8 Å². The molecule has 0 bridgehead atoms. The number of fused-ring (bicyclic) bond motifs is 2. The Hall–Kier alpha value is -3.17. The number of rotatable bonds is 3. The first-order chi connectivity index (χ1) is 16.4. The molecule has 4 heterocycles. The molecular weight excluding hydrogens is 463 g/mol. The fraction of sp³-hybridized carbons (Fsp3) is 0.375. The van der Waals surface area contributed by atoms with Gasteiger partial charge in [0.1, 0.15) is 40.5 Å². The van der Waals surface area contributed by atoms with Gasteiger partial charge in [-0.05, 0) is 24.6 Å². The molecule has 1 aromatic carbocycles. The Labute approximate surface area is 201 Å². The minimum atomic E-state index is -0.683.